The zero-order chi connectivity index (χ0) is 17.6. The van der Waals surface area contributed by atoms with Gasteiger partial charge in [0.1, 0.15) is 6.61 Å². The van der Waals surface area contributed by atoms with E-state index in [0.717, 1.165) is 30.4 Å². The van der Waals surface area contributed by atoms with E-state index in [4.69, 9.17) is 4.74 Å². The van der Waals surface area contributed by atoms with E-state index in [1.165, 1.54) is 7.11 Å². The number of carbonyl (C=O) groups excluding carboxylic acids is 2. The van der Waals surface area contributed by atoms with Crippen molar-refractivity contribution in [2.45, 2.75) is 32.6 Å². The molecule has 0 aliphatic carbocycles. The van der Waals surface area contributed by atoms with Crippen LogP contribution in [0.4, 0.5) is 0 Å². The van der Waals surface area contributed by atoms with Gasteiger partial charge in [-0.1, -0.05) is 48.9 Å². The first kappa shape index (κ1) is 19.8. The molecule has 0 saturated heterocycles. The van der Waals surface area contributed by atoms with E-state index >= 15 is 0 Å². The molecule has 0 spiro atoms. The molecule has 1 amide bonds. The van der Waals surface area contributed by atoms with Gasteiger partial charge in [-0.05, 0) is 30.9 Å². The molecule has 24 heavy (non-hydrogen) atoms. The molecular formula is C20H27NO3. The fourth-order valence-electron chi connectivity index (χ4n) is 2.17. The van der Waals surface area contributed by atoms with E-state index in [-0.39, 0.29) is 18.3 Å². The highest BCUT2D eigenvalue weighted by Gasteiger charge is 2.01. The molecular weight excluding hydrogens is 302 g/mol. The second-order valence-corrected chi connectivity index (χ2v) is 5.71. The molecule has 0 aliphatic heterocycles. The van der Waals surface area contributed by atoms with Gasteiger partial charge in [0, 0.05) is 26.2 Å². The summed E-state index contributed by atoms with van der Waals surface area (Å²) >= 11 is 0. The van der Waals surface area contributed by atoms with Crippen molar-refractivity contribution < 1.29 is 14.3 Å². The quantitative estimate of drug-likeness (QED) is 0.384. The van der Waals surface area contributed by atoms with Crippen LogP contribution in [0.15, 0.2) is 48.1 Å². The Kier molecular flexibility index (Phi) is 10.1. The van der Waals surface area contributed by atoms with Crippen LogP contribution in [-0.4, -0.2) is 32.0 Å². The number of carbonyl (C=O) groups is 2. The Morgan fingerprint density at radius 2 is 1.88 bits per heavy atom. The average Bonchev–Trinajstić information content (AvgIpc) is 2.57. The van der Waals surface area contributed by atoms with Crippen LogP contribution in [0.3, 0.4) is 0 Å². The minimum atomic E-state index is -0.0827. The Hall–Kier alpha value is -2.20. The number of ketones is 1. The zero-order valence-electron chi connectivity index (χ0n) is 14.6. The average molecular weight is 329 g/mol. The summed E-state index contributed by atoms with van der Waals surface area (Å²) in [6.07, 6.45) is 8.69. The molecule has 0 unspecified atom stereocenters. The van der Waals surface area contributed by atoms with Gasteiger partial charge in [0.25, 0.3) is 0 Å². The molecule has 0 aromatic heterocycles. The summed E-state index contributed by atoms with van der Waals surface area (Å²) in [5.41, 5.74) is 2.01. The Morgan fingerprint density at radius 3 is 2.58 bits per heavy atom. The number of rotatable bonds is 11. The van der Waals surface area contributed by atoms with Crippen LogP contribution >= 0.6 is 0 Å². The summed E-state index contributed by atoms with van der Waals surface area (Å²) in [4.78, 5) is 23.1. The maximum absolute atomic E-state index is 11.8. The summed E-state index contributed by atoms with van der Waals surface area (Å²) in [5.74, 6) is 0.0472. The van der Waals surface area contributed by atoms with Gasteiger partial charge in [-0.3, -0.25) is 9.59 Å². The minimum absolute atomic E-state index is 0.0827. The number of nitrogens with one attached hydrogen (secondary N) is 1. The van der Waals surface area contributed by atoms with Crippen LogP contribution in [0.2, 0.25) is 0 Å². The Morgan fingerprint density at radius 1 is 1.12 bits per heavy atom. The maximum atomic E-state index is 11.8. The summed E-state index contributed by atoms with van der Waals surface area (Å²) in [5, 5.41) is 2.87. The zero-order valence-corrected chi connectivity index (χ0v) is 14.6. The van der Waals surface area contributed by atoms with Gasteiger partial charge in [-0.25, -0.2) is 0 Å². The SMILES string of the molecule is COCC(=O)CCCCCNC(=O)/C=C(C)/C=C/c1ccccc1. The Balaban J connectivity index is 2.18. The topological polar surface area (TPSA) is 55.4 Å². The first-order valence-electron chi connectivity index (χ1n) is 8.31. The molecule has 4 heteroatoms. The van der Waals surface area contributed by atoms with Crippen molar-refractivity contribution in [1.29, 1.82) is 0 Å². The number of hydrogen-bond donors (Lipinski definition) is 1. The maximum Gasteiger partial charge on any atom is 0.244 e. The number of Topliss-reactive ketones (excluding diaryl/α,β-unsaturated/α-hetero) is 1. The van der Waals surface area contributed by atoms with Crippen molar-refractivity contribution in [3.05, 3.63) is 53.6 Å². The third-order valence-electron chi connectivity index (χ3n) is 3.43. The number of benzene rings is 1. The third-order valence-corrected chi connectivity index (χ3v) is 3.43. The number of allylic oxidation sites excluding steroid dienone is 2. The van der Waals surface area contributed by atoms with Gasteiger partial charge in [0.05, 0.1) is 0 Å². The van der Waals surface area contributed by atoms with Gasteiger partial charge < -0.3 is 10.1 Å². The molecule has 4 nitrogen and oxygen atoms in total. The van der Waals surface area contributed by atoms with E-state index < -0.39 is 0 Å². The van der Waals surface area contributed by atoms with Crippen LogP contribution < -0.4 is 5.32 Å². The lowest BCUT2D eigenvalue weighted by molar-refractivity contribution is -0.122. The summed E-state index contributed by atoms with van der Waals surface area (Å²) in [6.45, 7) is 2.72. The molecule has 0 aliphatic rings. The molecule has 0 fully saturated rings. The van der Waals surface area contributed by atoms with Crippen molar-refractivity contribution in [2.75, 3.05) is 20.3 Å². The molecule has 0 atom stereocenters. The third kappa shape index (κ3) is 9.74. The van der Waals surface area contributed by atoms with Crippen LogP contribution in [0.5, 0.6) is 0 Å². The minimum Gasteiger partial charge on any atom is -0.377 e. The number of methoxy groups -OCH3 is 1. The second kappa shape index (κ2) is 12.3. The standard InChI is InChI=1S/C20H27NO3/c1-17(12-13-18-9-5-3-6-10-18)15-20(23)21-14-8-4-7-11-19(22)16-24-2/h3,5-6,9-10,12-13,15H,4,7-8,11,14,16H2,1-2H3,(H,21,23)/b13-12+,17-15+. The number of unbranched alkanes of at least 4 members (excludes halogenated alkanes) is 2. The monoisotopic (exact) mass is 329 g/mol. The van der Waals surface area contributed by atoms with Crippen molar-refractivity contribution in [1.82, 2.24) is 5.32 Å². The largest absolute Gasteiger partial charge is 0.377 e. The highest BCUT2D eigenvalue weighted by molar-refractivity contribution is 5.88. The predicted molar refractivity (Wildman–Crippen MR) is 97.6 cm³/mol. The van der Waals surface area contributed by atoms with Gasteiger partial charge in [-0.15, -0.1) is 0 Å². The molecule has 0 bridgehead atoms. The molecule has 1 rings (SSSR count). The van der Waals surface area contributed by atoms with Crippen LogP contribution in [0.1, 0.15) is 38.2 Å². The molecule has 1 aromatic rings. The highest BCUT2D eigenvalue weighted by Crippen LogP contribution is 2.04. The van der Waals surface area contributed by atoms with Crippen LogP contribution in [0.25, 0.3) is 6.08 Å². The van der Waals surface area contributed by atoms with Crippen molar-refractivity contribution in [3.8, 4) is 0 Å². The molecule has 0 saturated carbocycles. The first-order chi connectivity index (χ1) is 11.6. The smallest absolute Gasteiger partial charge is 0.244 e. The fraction of sp³-hybridized carbons (Fsp3) is 0.400. The molecule has 0 radical (unpaired) electrons. The summed E-state index contributed by atoms with van der Waals surface area (Å²) < 4.78 is 4.78. The van der Waals surface area contributed by atoms with E-state index in [1.54, 1.807) is 6.08 Å². The Labute approximate surface area is 144 Å². The van der Waals surface area contributed by atoms with Crippen molar-refractivity contribution >= 4 is 17.8 Å². The van der Waals surface area contributed by atoms with Gasteiger partial charge in [0.2, 0.25) is 5.91 Å². The molecule has 1 aromatic carbocycles. The first-order valence-corrected chi connectivity index (χ1v) is 8.31. The van der Waals surface area contributed by atoms with Gasteiger partial charge in [-0.2, -0.15) is 0 Å². The van der Waals surface area contributed by atoms with Crippen LogP contribution in [0, 0.1) is 0 Å². The molecule has 130 valence electrons. The van der Waals surface area contributed by atoms with Crippen LogP contribution in [-0.2, 0) is 14.3 Å². The predicted octanol–water partition coefficient (Wildman–Crippen LogP) is 3.54. The fourth-order valence-corrected chi connectivity index (χ4v) is 2.17. The summed E-state index contributed by atoms with van der Waals surface area (Å²) in [7, 11) is 1.53. The number of hydrogen-bond acceptors (Lipinski definition) is 3. The molecule has 0 heterocycles. The van der Waals surface area contributed by atoms with Gasteiger partial charge >= 0.3 is 0 Å². The highest BCUT2D eigenvalue weighted by atomic mass is 16.5. The van der Waals surface area contributed by atoms with Crippen molar-refractivity contribution in [2.24, 2.45) is 0 Å². The normalized spacial score (nSPS) is 11.7. The number of ether oxygens (including phenoxy) is 1. The van der Waals surface area contributed by atoms with E-state index in [0.29, 0.717) is 13.0 Å². The van der Waals surface area contributed by atoms with E-state index in [2.05, 4.69) is 5.32 Å². The second-order valence-electron chi connectivity index (χ2n) is 5.71. The van der Waals surface area contributed by atoms with E-state index in [9.17, 15) is 9.59 Å². The lowest BCUT2D eigenvalue weighted by Gasteiger charge is -2.03. The lowest BCUT2D eigenvalue weighted by atomic mass is 10.1. The lowest BCUT2D eigenvalue weighted by Crippen LogP contribution is -2.22. The van der Waals surface area contributed by atoms with Gasteiger partial charge in [0.15, 0.2) is 5.78 Å². The van der Waals surface area contributed by atoms with Crippen molar-refractivity contribution in [3.63, 3.8) is 0 Å². The molecule has 1 N–H and O–H groups in total. The van der Waals surface area contributed by atoms with E-state index in [1.807, 2.05) is 49.4 Å². The summed E-state index contributed by atoms with van der Waals surface area (Å²) in [6, 6.07) is 9.96. The number of amides is 1. The Bertz CT molecular complexity index is 562.